The molecule has 0 aliphatic rings. The molecule has 3 rings (SSSR count). The predicted octanol–water partition coefficient (Wildman–Crippen LogP) is 3.09. The topological polar surface area (TPSA) is 92.5 Å². The van der Waals surface area contributed by atoms with Gasteiger partial charge in [0.15, 0.2) is 0 Å². The van der Waals surface area contributed by atoms with Crippen LogP contribution in [-0.4, -0.2) is 42.9 Å². The second-order valence-corrected chi connectivity index (χ2v) is 8.36. The van der Waals surface area contributed by atoms with Crippen molar-refractivity contribution >= 4 is 26.9 Å². The second-order valence-electron chi connectivity index (χ2n) is 6.42. The summed E-state index contributed by atoms with van der Waals surface area (Å²) in [5.41, 5.74) is 1.20. The van der Waals surface area contributed by atoms with E-state index in [9.17, 15) is 26.4 Å². The first-order chi connectivity index (χ1) is 14.2. The van der Waals surface area contributed by atoms with Crippen LogP contribution >= 0.6 is 0 Å². The summed E-state index contributed by atoms with van der Waals surface area (Å²) < 4.78 is 69.7. The number of pyridine rings is 1. The molecule has 0 bridgehead atoms. The molecule has 160 valence electrons. The molecule has 1 aromatic carbocycles. The number of rotatable bonds is 8. The predicted molar refractivity (Wildman–Crippen MR) is 102 cm³/mol. The van der Waals surface area contributed by atoms with E-state index in [1.54, 1.807) is 23.5 Å². The maximum atomic E-state index is 13.2. The SMILES string of the molecule is O=C(NCCCN(Cc1ccncc1)S(=O)(=O)c1ccc2occc2c1)C(F)(F)F. The number of amides is 1. The third-order valence-corrected chi connectivity index (χ3v) is 6.14. The lowest BCUT2D eigenvalue weighted by molar-refractivity contribution is -0.173. The summed E-state index contributed by atoms with van der Waals surface area (Å²) in [7, 11) is -3.96. The standard InChI is InChI=1S/C19H18F3N3O4S/c20-19(21,22)18(26)24-7-1-10-25(13-14-4-8-23-9-5-14)30(27,28)16-2-3-17-15(12-16)6-11-29-17/h2-6,8-9,11-12H,1,7,10,13H2,(H,24,26). The minimum atomic E-state index is -4.98. The van der Waals surface area contributed by atoms with Crippen molar-refractivity contribution in [3.8, 4) is 0 Å². The molecule has 0 unspecified atom stereocenters. The van der Waals surface area contributed by atoms with Crippen LogP contribution in [0.15, 0.2) is 64.4 Å². The third kappa shape index (κ3) is 5.16. The molecule has 0 atom stereocenters. The molecule has 0 aliphatic heterocycles. The Labute approximate surface area is 170 Å². The maximum Gasteiger partial charge on any atom is 0.471 e. The van der Waals surface area contributed by atoms with Gasteiger partial charge in [0.2, 0.25) is 10.0 Å². The van der Waals surface area contributed by atoms with Crippen molar-refractivity contribution in [2.45, 2.75) is 24.0 Å². The third-order valence-electron chi connectivity index (χ3n) is 4.30. The van der Waals surface area contributed by atoms with Crippen LogP contribution < -0.4 is 5.32 Å². The van der Waals surface area contributed by atoms with Gasteiger partial charge in [-0.3, -0.25) is 9.78 Å². The quantitative estimate of drug-likeness (QED) is 0.543. The van der Waals surface area contributed by atoms with Gasteiger partial charge in [-0.1, -0.05) is 0 Å². The van der Waals surface area contributed by atoms with E-state index in [-0.39, 0.29) is 31.0 Å². The molecule has 11 heteroatoms. The molecular formula is C19H18F3N3O4S. The summed E-state index contributed by atoms with van der Waals surface area (Å²) in [5, 5.41) is 2.35. The van der Waals surface area contributed by atoms with Gasteiger partial charge in [-0.25, -0.2) is 8.42 Å². The van der Waals surface area contributed by atoms with Gasteiger partial charge in [0.25, 0.3) is 0 Å². The Morgan fingerprint density at radius 1 is 1.13 bits per heavy atom. The number of sulfonamides is 1. The van der Waals surface area contributed by atoms with Gasteiger partial charge in [-0.2, -0.15) is 17.5 Å². The minimum absolute atomic E-state index is 0.0000875. The van der Waals surface area contributed by atoms with Crippen molar-refractivity contribution in [2.24, 2.45) is 0 Å². The molecule has 0 saturated heterocycles. The number of nitrogens with zero attached hydrogens (tertiary/aromatic N) is 2. The molecule has 1 amide bonds. The van der Waals surface area contributed by atoms with Gasteiger partial charge in [0, 0.05) is 37.4 Å². The fraction of sp³-hybridized carbons (Fsp3) is 0.263. The van der Waals surface area contributed by atoms with E-state index in [1.165, 1.54) is 36.9 Å². The monoisotopic (exact) mass is 441 g/mol. The highest BCUT2D eigenvalue weighted by Crippen LogP contribution is 2.24. The fourth-order valence-electron chi connectivity index (χ4n) is 2.79. The molecule has 0 spiro atoms. The average molecular weight is 441 g/mol. The lowest BCUT2D eigenvalue weighted by atomic mass is 10.2. The number of nitrogens with one attached hydrogen (secondary N) is 1. The Bertz CT molecular complexity index is 1110. The fourth-order valence-corrected chi connectivity index (χ4v) is 4.29. The first-order valence-electron chi connectivity index (χ1n) is 8.89. The zero-order chi connectivity index (χ0) is 21.8. The molecule has 1 N–H and O–H groups in total. The van der Waals surface area contributed by atoms with Gasteiger partial charge in [0.1, 0.15) is 5.58 Å². The highest BCUT2D eigenvalue weighted by atomic mass is 32.2. The van der Waals surface area contributed by atoms with E-state index in [1.807, 2.05) is 0 Å². The molecule has 0 fully saturated rings. The van der Waals surface area contributed by atoms with Crippen molar-refractivity contribution in [1.29, 1.82) is 0 Å². The van der Waals surface area contributed by atoms with Crippen LogP contribution in [0, 0.1) is 0 Å². The summed E-state index contributed by atoms with van der Waals surface area (Å²) >= 11 is 0. The van der Waals surface area contributed by atoms with Crippen LogP contribution in [0.4, 0.5) is 13.2 Å². The van der Waals surface area contributed by atoms with Crippen molar-refractivity contribution < 1.29 is 30.8 Å². The van der Waals surface area contributed by atoms with Crippen LogP contribution in [0.1, 0.15) is 12.0 Å². The summed E-state index contributed by atoms with van der Waals surface area (Å²) in [5.74, 6) is -2.06. The number of fused-ring (bicyclic) bond motifs is 1. The first-order valence-corrected chi connectivity index (χ1v) is 10.3. The molecule has 3 aromatic rings. The second kappa shape index (κ2) is 8.84. The van der Waals surface area contributed by atoms with E-state index in [0.717, 1.165) is 4.31 Å². The van der Waals surface area contributed by atoms with Gasteiger partial charge in [-0.15, -0.1) is 0 Å². The number of halogens is 3. The number of carbonyl (C=O) groups is 1. The Kier molecular flexibility index (Phi) is 6.42. The van der Waals surface area contributed by atoms with Crippen LogP contribution in [0.5, 0.6) is 0 Å². The number of aromatic nitrogens is 1. The molecule has 0 radical (unpaired) electrons. The Morgan fingerprint density at radius 3 is 2.57 bits per heavy atom. The highest BCUT2D eigenvalue weighted by molar-refractivity contribution is 7.89. The molecule has 30 heavy (non-hydrogen) atoms. The largest absolute Gasteiger partial charge is 0.471 e. The molecule has 2 heterocycles. The zero-order valence-corrected chi connectivity index (χ0v) is 16.4. The van der Waals surface area contributed by atoms with Gasteiger partial charge in [0.05, 0.1) is 11.2 Å². The van der Waals surface area contributed by atoms with E-state index >= 15 is 0 Å². The lowest BCUT2D eigenvalue weighted by Gasteiger charge is -2.22. The first kappa shape index (κ1) is 21.8. The summed E-state index contributed by atoms with van der Waals surface area (Å²) in [6, 6.07) is 9.34. The van der Waals surface area contributed by atoms with E-state index in [2.05, 4.69) is 4.98 Å². The van der Waals surface area contributed by atoms with Gasteiger partial charge < -0.3 is 9.73 Å². The number of alkyl halides is 3. The Hall–Kier alpha value is -2.92. The van der Waals surface area contributed by atoms with Crippen molar-refractivity contribution in [3.05, 3.63) is 60.6 Å². The summed E-state index contributed by atoms with van der Waals surface area (Å²) in [4.78, 5) is 14.9. The number of benzene rings is 1. The molecule has 0 aliphatic carbocycles. The van der Waals surface area contributed by atoms with Crippen molar-refractivity contribution in [3.63, 3.8) is 0 Å². The molecular weight excluding hydrogens is 423 g/mol. The molecule has 2 aromatic heterocycles. The normalized spacial score (nSPS) is 12.4. The smallest absolute Gasteiger partial charge is 0.464 e. The van der Waals surface area contributed by atoms with E-state index in [4.69, 9.17) is 4.42 Å². The summed E-state index contributed by atoms with van der Waals surface area (Å²) in [6.45, 7) is -0.408. The average Bonchev–Trinajstić information content (AvgIpc) is 3.18. The van der Waals surface area contributed by atoms with E-state index in [0.29, 0.717) is 16.5 Å². The zero-order valence-electron chi connectivity index (χ0n) is 15.6. The van der Waals surface area contributed by atoms with Crippen LogP contribution in [0.2, 0.25) is 0 Å². The van der Waals surface area contributed by atoms with E-state index < -0.39 is 22.1 Å². The Morgan fingerprint density at radius 2 is 1.87 bits per heavy atom. The van der Waals surface area contributed by atoms with Crippen molar-refractivity contribution in [2.75, 3.05) is 13.1 Å². The number of furan rings is 1. The Balaban J connectivity index is 1.78. The minimum Gasteiger partial charge on any atom is -0.464 e. The highest BCUT2D eigenvalue weighted by Gasteiger charge is 2.38. The number of hydrogen-bond donors (Lipinski definition) is 1. The molecule has 0 saturated carbocycles. The van der Waals surface area contributed by atoms with Crippen LogP contribution in [-0.2, 0) is 21.4 Å². The van der Waals surface area contributed by atoms with Gasteiger partial charge in [-0.05, 0) is 48.4 Å². The molecule has 7 nitrogen and oxygen atoms in total. The van der Waals surface area contributed by atoms with Crippen molar-refractivity contribution in [1.82, 2.24) is 14.6 Å². The number of carbonyl (C=O) groups excluding carboxylic acids is 1. The van der Waals surface area contributed by atoms with Crippen LogP contribution in [0.3, 0.4) is 0 Å². The summed E-state index contributed by atoms with van der Waals surface area (Å²) in [6.07, 6.45) is -0.509. The lowest BCUT2D eigenvalue weighted by Crippen LogP contribution is -2.39. The van der Waals surface area contributed by atoms with Gasteiger partial charge >= 0.3 is 12.1 Å². The van der Waals surface area contributed by atoms with Crippen LogP contribution in [0.25, 0.3) is 11.0 Å². The number of hydrogen-bond acceptors (Lipinski definition) is 5. The maximum absolute atomic E-state index is 13.2.